The van der Waals surface area contributed by atoms with Crippen LogP contribution in [0.15, 0.2) is 87.3 Å². The molecular weight excluding hydrogens is 358 g/mol. The number of hydrogen-bond donors (Lipinski definition) is 0. The van der Waals surface area contributed by atoms with Crippen molar-refractivity contribution in [2.24, 2.45) is 20.5 Å². The van der Waals surface area contributed by atoms with E-state index in [-0.39, 0.29) is 11.5 Å². The van der Waals surface area contributed by atoms with Gasteiger partial charge in [-0.3, -0.25) is 10.1 Å². The number of hydrogen-bond acceptors (Lipinski definition) is 8. The Morgan fingerprint density at radius 1 is 0.893 bits per heavy atom. The molecule has 0 aliphatic carbocycles. The Kier molecular flexibility index (Phi) is 5.75. The molecule has 2 aromatic carbocycles. The second-order valence-corrected chi connectivity index (χ2v) is 5.93. The van der Waals surface area contributed by atoms with Crippen molar-refractivity contribution >= 4 is 34.3 Å². The highest BCUT2D eigenvalue weighted by molar-refractivity contribution is 5.68. The van der Waals surface area contributed by atoms with Crippen molar-refractivity contribution in [3.8, 4) is 0 Å². The first-order valence-electron chi connectivity index (χ1n) is 8.33. The Labute approximate surface area is 161 Å². The third-order valence-corrected chi connectivity index (χ3v) is 3.71. The van der Waals surface area contributed by atoms with E-state index < -0.39 is 4.92 Å². The van der Waals surface area contributed by atoms with Crippen LogP contribution >= 0.6 is 0 Å². The molecule has 0 atom stereocenters. The molecule has 0 saturated carbocycles. The summed E-state index contributed by atoms with van der Waals surface area (Å²) in [6.07, 6.45) is 1.14. The first kappa shape index (κ1) is 18.8. The third-order valence-electron chi connectivity index (χ3n) is 3.71. The highest BCUT2D eigenvalue weighted by Crippen LogP contribution is 2.34. The van der Waals surface area contributed by atoms with Crippen LogP contribution in [0.2, 0.25) is 0 Å². The standard InChI is InChI=1S/C19H17N7O2/c1-25(2)15-8-10-17(18(12-15)23-21-14-6-4-3-5-7-14)22-24-19-11-9-16(13-20-19)26(27)28/h3-13H,1-2H3. The molecule has 0 amide bonds. The highest BCUT2D eigenvalue weighted by Gasteiger charge is 2.07. The number of benzene rings is 2. The first-order chi connectivity index (χ1) is 13.5. The molecule has 9 nitrogen and oxygen atoms in total. The maximum absolute atomic E-state index is 10.7. The lowest BCUT2D eigenvalue weighted by atomic mass is 10.2. The smallest absolute Gasteiger partial charge is 0.287 e. The van der Waals surface area contributed by atoms with E-state index in [0.717, 1.165) is 17.6 Å². The van der Waals surface area contributed by atoms with Gasteiger partial charge in [-0.15, -0.1) is 15.3 Å². The maximum atomic E-state index is 10.7. The van der Waals surface area contributed by atoms with E-state index in [0.29, 0.717) is 11.4 Å². The van der Waals surface area contributed by atoms with Gasteiger partial charge in [-0.05, 0) is 36.4 Å². The molecule has 3 aromatic rings. The minimum absolute atomic E-state index is 0.105. The van der Waals surface area contributed by atoms with Gasteiger partial charge in [0.2, 0.25) is 0 Å². The lowest BCUT2D eigenvalue weighted by molar-refractivity contribution is -0.385. The van der Waals surface area contributed by atoms with Crippen LogP contribution in [0, 0.1) is 10.1 Å². The summed E-state index contributed by atoms with van der Waals surface area (Å²) in [6.45, 7) is 0. The van der Waals surface area contributed by atoms with E-state index in [1.54, 1.807) is 6.07 Å². The molecule has 0 spiro atoms. The van der Waals surface area contributed by atoms with E-state index in [1.165, 1.54) is 12.1 Å². The van der Waals surface area contributed by atoms with E-state index >= 15 is 0 Å². The third kappa shape index (κ3) is 4.79. The van der Waals surface area contributed by atoms with E-state index in [9.17, 15) is 10.1 Å². The molecule has 1 aromatic heterocycles. The average Bonchev–Trinajstić information content (AvgIpc) is 2.72. The number of anilines is 1. The Morgan fingerprint density at radius 3 is 2.29 bits per heavy atom. The van der Waals surface area contributed by atoms with Crippen LogP contribution in [-0.2, 0) is 0 Å². The number of rotatable bonds is 6. The van der Waals surface area contributed by atoms with Crippen LogP contribution in [0.5, 0.6) is 0 Å². The number of aromatic nitrogens is 1. The molecule has 0 saturated heterocycles. The summed E-state index contributed by atoms with van der Waals surface area (Å²) in [4.78, 5) is 16.0. The van der Waals surface area contributed by atoms with E-state index in [2.05, 4.69) is 25.4 Å². The molecule has 28 heavy (non-hydrogen) atoms. The SMILES string of the molecule is CN(C)c1ccc(N=Nc2ccc([N+](=O)[O-])cn2)c(N=Nc2ccccc2)c1. The summed E-state index contributed by atoms with van der Waals surface area (Å²) in [6, 6.07) is 17.6. The lowest BCUT2D eigenvalue weighted by Crippen LogP contribution is -2.07. The molecule has 0 radical (unpaired) electrons. The summed E-state index contributed by atoms with van der Waals surface area (Å²) in [5, 5.41) is 27.5. The zero-order valence-corrected chi connectivity index (χ0v) is 15.3. The average molecular weight is 375 g/mol. The van der Waals surface area contributed by atoms with E-state index in [4.69, 9.17) is 0 Å². The predicted octanol–water partition coefficient (Wildman–Crippen LogP) is 5.89. The van der Waals surface area contributed by atoms with Gasteiger partial charge in [-0.1, -0.05) is 18.2 Å². The summed E-state index contributed by atoms with van der Waals surface area (Å²) < 4.78 is 0. The Balaban J connectivity index is 1.90. The Morgan fingerprint density at radius 2 is 1.64 bits per heavy atom. The molecule has 1 heterocycles. The molecule has 9 heteroatoms. The number of pyridine rings is 1. The van der Waals surface area contributed by atoms with E-state index in [1.807, 2.05) is 61.5 Å². The van der Waals surface area contributed by atoms with Crippen molar-refractivity contribution < 1.29 is 4.92 Å². The molecule has 0 aliphatic heterocycles. The fourth-order valence-corrected chi connectivity index (χ4v) is 2.21. The number of azo groups is 2. The first-order valence-corrected chi connectivity index (χ1v) is 8.33. The zero-order valence-electron chi connectivity index (χ0n) is 15.3. The van der Waals surface area contributed by atoms with Crippen molar-refractivity contribution in [3.63, 3.8) is 0 Å². The van der Waals surface area contributed by atoms with Crippen LogP contribution in [0.1, 0.15) is 0 Å². The topological polar surface area (TPSA) is 109 Å². The minimum Gasteiger partial charge on any atom is -0.378 e. The second-order valence-electron chi connectivity index (χ2n) is 5.93. The maximum Gasteiger partial charge on any atom is 0.287 e. The molecule has 140 valence electrons. The van der Waals surface area contributed by atoms with Crippen molar-refractivity contribution in [1.29, 1.82) is 0 Å². The Hall–Kier alpha value is -4.01. The van der Waals surface area contributed by atoms with Gasteiger partial charge in [0, 0.05) is 25.8 Å². The van der Waals surface area contributed by atoms with Crippen LogP contribution in [0.4, 0.5) is 34.3 Å². The summed E-state index contributed by atoms with van der Waals surface area (Å²) in [5.74, 6) is 0.258. The molecule has 0 bridgehead atoms. The van der Waals surface area contributed by atoms with Gasteiger partial charge in [-0.25, -0.2) is 4.98 Å². The molecule has 0 N–H and O–H groups in total. The van der Waals surface area contributed by atoms with Gasteiger partial charge >= 0.3 is 0 Å². The van der Waals surface area contributed by atoms with Crippen LogP contribution in [0.3, 0.4) is 0 Å². The van der Waals surface area contributed by atoms with Gasteiger partial charge in [-0.2, -0.15) is 5.11 Å². The summed E-state index contributed by atoms with van der Waals surface area (Å²) in [5.41, 5.74) is 2.60. The molecule has 0 aliphatic rings. The second kappa shape index (κ2) is 8.58. The number of nitrogens with zero attached hydrogens (tertiary/aromatic N) is 7. The number of nitro groups is 1. The molecule has 0 unspecified atom stereocenters. The van der Waals surface area contributed by atoms with Gasteiger partial charge in [0.05, 0.1) is 10.6 Å². The van der Waals surface area contributed by atoms with Crippen molar-refractivity contribution in [3.05, 3.63) is 77.0 Å². The summed E-state index contributed by atoms with van der Waals surface area (Å²) >= 11 is 0. The summed E-state index contributed by atoms with van der Waals surface area (Å²) in [7, 11) is 3.85. The monoisotopic (exact) mass is 375 g/mol. The fourth-order valence-electron chi connectivity index (χ4n) is 2.21. The van der Waals surface area contributed by atoms with Crippen molar-refractivity contribution in [2.45, 2.75) is 0 Å². The fraction of sp³-hybridized carbons (Fsp3) is 0.105. The zero-order chi connectivity index (χ0) is 19.9. The van der Waals surface area contributed by atoms with Crippen LogP contribution in [-0.4, -0.2) is 24.0 Å². The highest BCUT2D eigenvalue weighted by atomic mass is 16.6. The Bertz CT molecular complexity index is 1020. The minimum atomic E-state index is -0.518. The predicted molar refractivity (Wildman–Crippen MR) is 106 cm³/mol. The lowest BCUT2D eigenvalue weighted by Gasteiger charge is -2.13. The molecule has 3 rings (SSSR count). The van der Waals surface area contributed by atoms with Crippen LogP contribution in [0.25, 0.3) is 0 Å². The van der Waals surface area contributed by atoms with Crippen molar-refractivity contribution in [1.82, 2.24) is 4.98 Å². The molecular formula is C19H17N7O2. The van der Waals surface area contributed by atoms with Gasteiger partial charge in [0.25, 0.3) is 5.69 Å². The van der Waals surface area contributed by atoms with Gasteiger partial charge in [0.15, 0.2) is 5.82 Å². The quantitative estimate of drug-likeness (QED) is 0.304. The van der Waals surface area contributed by atoms with Gasteiger partial charge in [0.1, 0.15) is 17.6 Å². The van der Waals surface area contributed by atoms with Crippen LogP contribution < -0.4 is 4.90 Å². The van der Waals surface area contributed by atoms with Gasteiger partial charge < -0.3 is 4.90 Å². The normalized spacial score (nSPS) is 11.2. The largest absolute Gasteiger partial charge is 0.378 e. The molecule has 0 fully saturated rings. The van der Waals surface area contributed by atoms with Crippen molar-refractivity contribution in [2.75, 3.05) is 19.0 Å².